The van der Waals surface area contributed by atoms with Gasteiger partial charge in [0, 0.05) is 23.1 Å². The number of benzene rings is 2. The molecule has 0 aliphatic heterocycles. The van der Waals surface area contributed by atoms with Crippen LogP contribution in [0, 0.1) is 5.92 Å². The van der Waals surface area contributed by atoms with Crippen molar-refractivity contribution in [2.45, 2.75) is 59.5 Å². The van der Waals surface area contributed by atoms with Crippen LogP contribution in [0.3, 0.4) is 0 Å². The normalized spacial score (nSPS) is 12.4. The number of carbonyl (C=O) groups excluding carboxylic acids is 2. The second-order valence-corrected chi connectivity index (χ2v) is 11.5. The first-order valence-electron chi connectivity index (χ1n) is 11.2. The largest absolute Gasteiger partial charge is 0.483 e. The Hall–Kier alpha value is -1.76. The lowest BCUT2D eigenvalue weighted by Crippen LogP contribution is -2.49. The molecule has 1 N–H and O–H groups in total. The van der Waals surface area contributed by atoms with Gasteiger partial charge < -0.3 is 15.0 Å². The zero-order valence-corrected chi connectivity index (χ0v) is 23.6. The lowest BCUT2D eigenvalue weighted by molar-refractivity contribution is -0.142. The molecule has 0 aliphatic rings. The third-order valence-electron chi connectivity index (χ3n) is 5.36. The Labute approximate surface area is 221 Å². The van der Waals surface area contributed by atoms with E-state index in [-0.39, 0.29) is 30.4 Å². The number of rotatable bonds is 9. The topological polar surface area (TPSA) is 58.6 Å². The fraction of sp³-hybridized carbons (Fsp3) is 0.462. The van der Waals surface area contributed by atoms with E-state index < -0.39 is 6.04 Å². The monoisotopic (exact) mass is 570 g/mol. The van der Waals surface area contributed by atoms with Crippen molar-refractivity contribution in [1.29, 1.82) is 0 Å². The van der Waals surface area contributed by atoms with Crippen molar-refractivity contribution in [3.05, 3.63) is 62.0 Å². The number of hydrogen-bond donors (Lipinski definition) is 1. The summed E-state index contributed by atoms with van der Waals surface area (Å²) >= 11 is 15.9. The molecule has 2 amide bonds. The van der Waals surface area contributed by atoms with Crippen molar-refractivity contribution in [2.75, 3.05) is 13.2 Å². The smallest absolute Gasteiger partial charge is 0.261 e. The fourth-order valence-corrected chi connectivity index (χ4v) is 4.14. The summed E-state index contributed by atoms with van der Waals surface area (Å²) in [6.45, 7) is 12.6. The Bertz CT molecular complexity index is 1020. The predicted octanol–water partition coefficient (Wildman–Crippen LogP) is 6.62. The molecule has 0 radical (unpaired) electrons. The second-order valence-electron chi connectivity index (χ2n) is 9.76. The van der Waals surface area contributed by atoms with Gasteiger partial charge in [0.1, 0.15) is 11.8 Å². The van der Waals surface area contributed by atoms with Gasteiger partial charge in [-0.15, -0.1) is 0 Å². The maximum Gasteiger partial charge on any atom is 0.261 e. The summed E-state index contributed by atoms with van der Waals surface area (Å²) < 4.78 is 6.60. The first-order chi connectivity index (χ1) is 15.8. The average molecular weight is 572 g/mol. The maximum absolute atomic E-state index is 13.3. The summed E-state index contributed by atoms with van der Waals surface area (Å²) in [5.74, 6) is 0.290. The van der Waals surface area contributed by atoms with Crippen LogP contribution < -0.4 is 10.1 Å². The van der Waals surface area contributed by atoms with E-state index in [2.05, 4.69) is 42.0 Å². The molecule has 1 atom stereocenters. The van der Waals surface area contributed by atoms with Gasteiger partial charge in [0.2, 0.25) is 5.91 Å². The highest BCUT2D eigenvalue weighted by atomic mass is 79.9. The van der Waals surface area contributed by atoms with Crippen molar-refractivity contribution >= 4 is 50.9 Å². The first-order valence-corrected chi connectivity index (χ1v) is 12.8. The second kappa shape index (κ2) is 12.3. The van der Waals surface area contributed by atoms with Gasteiger partial charge in [-0.1, -0.05) is 70.0 Å². The summed E-state index contributed by atoms with van der Waals surface area (Å²) in [6, 6.07) is 10.2. The molecule has 5 nitrogen and oxygen atoms in total. The quantitative estimate of drug-likeness (QED) is 0.368. The number of hydrogen-bond acceptors (Lipinski definition) is 3. The summed E-state index contributed by atoms with van der Waals surface area (Å²) in [5, 5.41) is 3.83. The van der Waals surface area contributed by atoms with Crippen molar-refractivity contribution in [3.8, 4) is 5.75 Å². The van der Waals surface area contributed by atoms with Gasteiger partial charge in [-0.2, -0.15) is 0 Å². The van der Waals surface area contributed by atoms with Gasteiger partial charge in [-0.3, -0.25) is 9.59 Å². The highest BCUT2D eigenvalue weighted by molar-refractivity contribution is 9.10. The van der Waals surface area contributed by atoms with E-state index in [4.69, 9.17) is 27.9 Å². The molecule has 0 aliphatic carbocycles. The Morgan fingerprint density at radius 1 is 1.09 bits per heavy atom. The molecule has 0 saturated heterocycles. The molecule has 0 bridgehead atoms. The van der Waals surface area contributed by atoms with Gasteiger partial charge in [-0.25, -0.2) is 0 Å². The minimum atomic E-state index is -0.715. The van der Waals surface area contributed by atoms with Crippen LogP contribution in [0.25, 0.3) is 0 Å². The van der Waals surface area contributed by atoms with E-state index in [1.54, 1.807) is 25.1 Å². The molecule has 0 aromatic heterocycles. The molecule has 186 valence electrons. The van der Waals surface area contributed by atoms with Crippen molar-refractivity contribution in [2.24, 2.45) is 5.92 Å². The van der Waals surface area contributed by atoms with Crippen LogP contribution in [0.4, 0.5) is 0 Å². The van der Waals surface area contributed by atoms with Crippen LogP contribution in [0.2, 0.25) is 10.0 Å². The van der Waals surface area contributed by atoms with Crippen LogP contribution in [-0.4, -0.2) is 35.9 Å². The average Bonchev–Trinajstić information content (AvgIpc) is 2.74. The molecule has 0 fully saturated rings. The molecular formula is C26H33BrCl2N2O3. The Kier molecular flexibility index (Phi) is 10.3. The number of nitrogens with one attached hydrogen (secondary N) is 1. The van der Waals surface area contributed by atoms with Crippen molar-refractivity contribution < 1.29 is 14.3 Å². The zero-order chi connectivity index (χ0) is 25.6. The van der Waals surface area contributed by atoms with Gasteiger partial charge in [0.05, 0.1) is 4.47 Å². The van der Waals surface area contributed by atoms with Crippen LogP contribution in [-0.2, 0) is 21.5 Å². The number of halogens is 3. The minimum absolute atomic E-state index is 0.00963. The minimum Gasteiger partial charge on any atom is -0.483 e. The molecule has 1 unspecified atom stereocenters. The summed E-state index contributed by atoms with van der Waals surface area (Å²) in [4.78, 5) is 27.5. The molecule has 0 saturated carbocycles. The Morgan fingerprint density at radius 3 is 2.32 bits per heavy atom. The lowest BCUT2D eigenvalue weighted by atomic mass is 9.87. The first kappa shape index (κ1) is 28.5. The standard InChI is InChI=1S/C26H33BrCl2N2O3/c1-16(2)13-30-25(33)17(3)31(14-18-7-9-20(28)12-22(18)29)24(32)15-34-23-10-8-19(11-21(23)27)26(4,5)6/h7-12,16-17H,13-15H2,1-6H3,(H,30,33). The molecule has 8 heteroatoms. The fourth-order valence-electron chi connectivity index (χ4n) is 3.18. The molecule has 2 rings (SSSR count). The van der Waals surface area contributed by atoms with Crippen molar-refractivity contribution in [3.63, 3.8) is 0 Å². The van der Waals surface area contributed by atoms with Crippen LogP contribution in [0.15, 0.2) is 40.9 Å². The molecule has 34 heavy (non-hydrogen) atoms. The van der Waals surface area contributed by atoms with Crippen molar-refractivity contribution in [1.82, 2.24) is 10.2 Å². The van der Waals surface area contributed by atoms with E-state index in [9.17, 15) is 9.59 Å². The number of carbonyl (C=O) groups is 2. The molecular weight excluding hydrogens is 539 g/mol. The lowest BCUT2D eigenvalue weighted by Gasteiger charge is -2.29. The molecule has 0 heterocycles. The van der Waals surface area contributed by atoms with Gasteiger partial charge in [0.25, 0.3) is 5.91 Å². The number of nitrogens with zero attached hydrogens (tertiary/aromatic N) is 1. The number of amides is 2. The van der Waals surface area contributed by atoms with Gasteiger partial charge in [-0.05, 0) is 69.6 Å². The van der Waals surface area contributed by atoms with E-state index in [0.29, 0.717) is 33.8 Å². The third-order valence-corrected chi connectivity index (χ3v) is 6.56. The van der Waals surface area contributed by atoms with Gasteiger partial charge >= 0.3 is 0 Å². The summed E-state index contributed by atoms with van der Waals surface area (Å²) in [5.41, 5.74) is 1.83. The van der Waals surface area contributed by atoms with Gasteiger partial charge in [0.15, 0.2) is 6.61 Å². The number of ether oxygens (including phenoxy) is 1. The highest BCUT2D eigenvalue weighted by Gasteiger charge is 2.27. The Morgan fingerprint density at radius 2 is 1.76 bits per heavy atom. The van der Waals surface area contributed by atoms with E-state index in [1.807, 2.05) is 32.0 Å². The van der Waals surface area contributed by atoms with Crippen LogP contribution in [0.5, 0.6) is 5.75 Å². The predicted molar refractivity (Wildman–Crippen MR) is 143 cm³/mol. The van der Waals surface area contributed by atoms with E-state index >= 15 is 0 Å². The Balaban J connectivity index is 2.21. The molecule has 2 aromatic rings. The van der Waals surface area contributed by atoms with Crippen LogP contribution in [0.1, 0.15) is 52.7 Å². The third kappa shape index (κ3) is 8.17. The highest BCUT2D eigenvalue weighted by Crippen LogP contribution is 2.31. The maximum atomic E-state index is 13.3. The SMILES string of the molecule is CC(C)CNC(=O)C(C)N(Cc1ccc(Cl)cc1Cl)C(=O)COc1ccc(C(C)(C)C)cc1Br. The van der Waals surface area contributed by atoms with Crippen LogP contribution >= 0.6 is 39.1 Å². The zero-order valence-electron chi connectivity index (χ0n) is 20.5. The molecule has 0 spiro atoms. The molecule has 2 aromatic carbocycles. The van der Waals surface area contributed by atoms with E-state index in [1.165, 1.54) is 4.90 Å². The summed E-state index contributed by atoms with van der Waals surface area (Å²) in [6.07, 6.45) is 0. The summed E-state index contributed by atoms with van der Waals surface area (Å²) in [7, 11) is 0. The van der Waals surface area contributed by atoms with E-state index in [0.717, 1.165) is 10.0 Å².